The van der Waals surface area contributed by atoms with E-state index in [1.54, 1.807) is 11.6 Å². The molecule has 0 spiro atoms. The zero-order valence-electron chi connectivity index (χ0n) is 11.3. The molecule has 2 amide bonds. The van der Waals surface area contributed by atoms with Gasteiger partial charge >= 0.3 is 6.03 Å². The maximum absolute atomic E-state index is 11.9. The normalized spacial score (nSPS) is 20.3. The predicted molar refractivity (Wildman–Crippen MR) is 72.5 cm³/mol. The second kappa shape index (κ2) is 4.76. The van der Waals surface area contributed by atoms with Crippen molar-refractivity contribution in [3.05, 3.63) is 17.5 Å². The van der Waals surface area contributed by atoms with Gasteiger partial charge in [0, 0.05) is 18.8 Å². The average Bonchev–Trinajstić information content (AvgIpc) is 2.87. The number of aliphatic imine (C=N–C) groups is 1. The minimum atomic E-state index is -0.415. The van der Waals surface area contributed by atoms with Crippen molar-refractivity contribution < 1.29 is 4.79 Å². The number of carbonyl (C=O) groups is 1. The molecule has 1 aliphatic rings. The van der Waals surface area contributed by atoms with Gasteiger partial charge in [0.1, 0.15) is 11.9 Å². The monoisotopic (exact) mass is 259 g/mol. The molecule has 19 heavy (non-hydrogen) atoms. The van der Waals surface area contributed by atoms with E-state index in [4.69, 9.17) is 12.2 Å². The molecule has 100 valence electrons. The fourth-order valence-corrected chi connectivity index (χ4v) is 2.32. The van der Waals surface area contributed by atoms with Crippen molar-refractivity contribution in [3.8, 4) is 12.3 Å². The second-order valence-electron chi connectivity index (χ2n) is 4.53. The average molecular weight is 259 g/mol. The van der Waals surface area contributed by atoms with Gasteiger partial charge < -0.3 is 5.73 Å². The number of amides is 2. The van der Waals surface area contributed by atoms with Crippen molar-refractivity contribution in [2.45, 2.75) is 32.4 Å². The molecule has 2 N–H and O–H groups in total. The molecule has 2 rings (SSSR count). The maximum Gasteiger partial charge on any atom is 0.347 e. The third kappa shape index (κ3) is 2.08. The molecule has 6 heteroatoms. The zero-order chi connectivity index (χ0) is 14.2. The molecule has 0 bridgehead atoms. The van der Waals surface area contributed by atoms with E-state index in [1.165, 1.54) is 4.90 Å². The van der Waals surface area contributed by atoms with E-state index in [9.17, 15) is 4.79 Å². The Labute approximate surface area is 112 Å². The van der Waals surface area contributed by atoms with Crippen LogP contribution in [-0.2, 0) is 13.5 Å². The van der Waals surface area contributed by atoms with Crippen molar-refractivity contribution in [3.63, 3.8) is 0 Å². The van der Waals surface area contributed by atoms with Crippen molar-refractivity contribution >= 4 is 11.9 Å². The topological polar surface area (TPSA) is 76.5 Å². The minimum Gasteiger partial charge on any atom is -0.385 e. The number of carbonyl (C=O) groups excluding carboxylic acids is 1. The molecule has 1 aliphatic heterocycles. The lowest BCUT2D eigenvalue weighted by molar-refractivity contribution is 0.198. The summed E-state index contributed by atoms with van der Waals surface area (Å²) in [6.45, 7) is 3.78. The summed E-state index contributed by atoms with van der Waals surface area (Å²) in [7, 11) is 1.84. The van der Waals surface area contributed by atoms with E-state index >= 15 is 0 Å². The molecule has 0 aromatic carbocycles. The van der Waals surface area contributed by atoms with Gasteiger partial charge in [-0.05, 0) is 13.3 Å². The Kier molecular flexibility index (Phi) is 3.30. The molecule has 0 radical (unpaired) electrons. The lowest BCUT2D eigenvalue weighted by Crippen LogP contribution is -2.39. The van der Waals surface area contributed by atoms with E-state index in [0.717, 1.165) is 17.7 Å². The van der Waals surface area contributed by atoms with E-state index in [0.29, 0.717) is 0 Å². The highest BCUT2D eigenvalue weighted by molar-refractivity contribution is 6.03. The Morgan fingerprint density at radius 1 is 1.63 bits per heavy atom. The summed E-state index contributed by atoms with van der Waals surface area (Å²) in [6, 6.07) is -1.17. The predicted octanol–water partition coefficient (Wildman–Crippen LogP) is 0.838. The summed E-state index contributed by atoms with van der Waals surface area (Å²) in [5, 5.41) is 4.37. The summed E-state index contributed by atoms with van der Waals surface area (Å²) >= 11 is 0. The number of rotatable bonds is 3. The van der Waals surface area contributed by atoms with E-state index < -0.39 is 6.04 Å². The maximum atomic E-state index is 11.9. The van der Waals surface area contributed by atoms with Crippen LogP contribution in [0.1, 0.15) is 31.1 Å². The van der Waals surface area contributed by atoms with Crippen LogP contribution in [0.25, 0.3) is 0 Å². The molecule has 1 aromatic heterocycles. The van der Waals surface area contributed by atoms with E-state index in [-0.39, 0.29) is 17.9 Å². The summed E-state index contributed by atoms with van der Waals surface area (Å²) in [6.07, 6.45) is 8.04. The Morgan fingerprint density at radius 3 is 2.89 bits per heavy atom. The van der Waals surface area contributed by atoms with Crippen molar-refractivity contribution in [1.82, 2.24) is 14.7 Å². The number of nitrogens with zero attached hydrogens (tertiary/aromatic N) is 4. The van der Waals surface area contributed by atoms with Gasteiger partial charge in [0.15, 0.2) is 0 Å². The molecule has 0 saturated heterocycles. The Hall–Kier alpha value is -2.29. The van der Waals surface area contributed by atoms with Gasteiger partial charge in [0.05, 0.1) is 11.7 Å². The van der Waals surface area contributed by atoms with Crippen LogP contribution in [0.2, 0.25) is 0 Å². The molecule has 1 aromatic rings. The fourth-order valence-electron chi connectivity index (χ4n) is 2.32. The SMILES string of the molecule is C#CC(C)N1C(=O)N=C(N)C1c1cn(C)nc1CC. The van der Waals surface area contributed by atoms with Crippen molar-refractivity contribution in [2.24, 2.45) is 17.8 Å². The highest BCUT2D eigenvalue weighted by Crippen LogP contribution is 2.30. The van der Waals surface area contributed by atoms with Gasteiger partial charge in [-0.1, -0.05) is 12.8 Å². The fraction of sp³-hybridized carbons (Fsp3) is 0.462. The minimum absolute atomic E-state index is 0.273. The number of terminal acetylenes is 1. The zero-order valence-corrected chi connectivity index (χ0v) is 11.3. The highest BCUT2D eigenvalue weighted by atomic mass is 16.2. The van der Waals surface area contributed by atoms with Crippen LogP contribution in [0.5, 0.6) is 0 Å². The van der Waals surface area contributed by atoms with Crippen LogP contribution in [-0.4, -0.2) is 32.6 Å². The lowest BCUT2D eigenvalue weighted by atomic mass is 10.0. The van der Waals surface area contributed by atoms with E-state index in [1.807, 2.05) is 20.2 Å². The van der Waals surface area contributed by atoms with Gasteiger partial charge in [0.25, 0.3) is 0 Å². The van der Waals surface area contributed by atoms with Gasteiger partial charge in [0.2, 0.25) is 0 Å². The summed E-state index contributed by atoms with van der Waals surface area (Å²) in [5.74, 6) is 2.82. The molecule has 0 fully saturated rings. The van der Waals surface area contributed by atoms with Gasteiger partial charge in [-0.15, -0.1) is 6.42 Å². The molecule has 2 heterocycles. The standard InChI is InChI=1S/C13H17N5O/c1-5-8(3)18-11(12(14)15-13(18)19)9-7-17(4)16-10(9)6-2/h1,7-8,11H,6H2,2-4H3,(H2,14,15,19). The summed E-state index contributed by atoms with van der Waals surface area (Å²) in [5.41, 5.74) is 7.68. The van der Waals surface area contributed by atoms with Crippen LogP contribution >= 0.6 is 0 Å². The smallest absolute Gasteiger partial charge is 0.347 e. The van der Waals surface area contributed by atoms with E-state index in [2.05, 4.69) is 16.0 Å². The van der Waals surface area contributed by atoms with Crippen LogP contribution in [0.3, 0.4) is 0 Å². The number of hydrogen-bond donors (Lipinski definition) is 1. The largest absolute Gasteiger partial charge is 0.385 e. The first-order valence-electron chi connectivity index (χ1n) is 6.14. The van der Waals surface area contributed by atoms with Crippen LogP contribution in [0, 0.1) is 12.3 Å². The first-order valence-corrected chi connectivity index (χ1v) is 6.14. The molecule has 6 nitrogen and oxygen atoms in total. The lowest BCUT2D eigenvalue weighted by Gasteiger charge is -2.27. The third-order valence-electron chi connectivity index (χ3n) is 3.23. The molecule has 0 aliphatic carbocycles. The molecular weight excluding hydrogens is 242 g/mol. The quantitative estimate of drug-likeness (QED) is 0.817. The number of aryl methyl sites for hydroxylation is 2. The van der Waals surface area contributed by atoms with Gasteiger partial charge in [-0.3, -0.25) is 9.58 Å². The van der Waals surface area contributed by atoms with Gasteiger partial charge in [-0.25, -0.2) is 4.79 Å². The van der Waals surface area contributed by atoms with Crippen LogP contribution in [0.15, 0.2) is 11.2 Å². The van der Waals surface area contributed by atoms with Crippen molar-refractivity contribution in [2.75, 3.05) is 0 Å². The first-order chi connectivity index (χ1) is 8.99. The van der Waals surface area contributed by atoms with Crippen LogP contribution < -0.4 is 5.73 Å². The number of aromatic nitrogens is 2. The molecular formula is C13H17N5O. The van der Waals surface area contributed by atoms with Crippen molar-refractivity contribution in [1.29, 1.82) is 0 Å². The summed E-state index contributed by atoms with van der Waals surface area (Å²) < 4.78 is 1.71. The Balaban J connectivity index is 2.49. The highest BCUT2D eigenvalue weighted by Gasteiger charge is 2.39. The molecule has 0 saturated carbocycles. The molecule has 2 atom stereocenters. The summed E-state index contributed by atoms with van der Waals surface area (Å²) in [4.78, 5) is 17.3. The number of urea groups is 1. The molecule has 2 unspecified atom stereocenters. The number of hydrogen-bond acceptors (Lipinski definition) is 3. The third-order valence-corrected chi connectivity index (χ3v) is 3.23. The van der Waals surface area contributed by atoms with Gasteiger partial charge in [-0.2, -0.15) is 10.1 Å². The first kappa shape index (κ1) is 13.1. The second-order valence-corrected chi connectivity index (χ2v) is 4.53. The van der Waals surface area contributed by atoms with Crippen LogP contribution in [0.4, 0.5) is 4.79 Å². The number of nitrogens with two attached hydrogens (primary N) is 1. The Morgan fingerprint density at radius 2 is 2.32 bits per heavy atom. The number of amidine groups is 1. The Bertz CT molecular complexity index is 580.